The van der Waals surface area contributed by atoms with Crippen LogP contribution in [0.3, 0.4) is 0 Å². The second kappa shape index (κ2) is 17.4. The van der Waals surface area contributed by atoms with Gasteiger partial charge in [-0.05, 0) is 79.8 Å². The molecule has 0 aliphatic carbocycles. The number of ether oxygens (including phenoxy) is 1. The Bertz CT molecular complexity index is 2970. The Morgan fingerprint density at radius 1 is 0.478 bits per heavy atom. The maximum absolute atomic E-state index is 6.79. The third kappa shape index (κ3) is 9.78. The topological polar surface area (TPSA) is 33.5 Å². The molecule has 0 amide bonds. The number of anilines is 2. The predicted molar refractivity (Wildman–Crippen MR) is 279 cm³/mol. The van der Waals surface area contributed by atoms with Crippen LogP contribution < -0.4 is 14.5 Å². The number of benzene rings is 5. The molecule has 0 spiro atoms. The SMILES string of the molecule is CC(C)(C)C1=C(C(C)(C)C)N(c2cc(C(C)(C)C)cc(C(C)(C)c3ccccc3)c2)[CH-]N1c1[c-]c(Oc2[c-]c3c(cc2)c2cc(C(C)(C)C)ccc2n3-c2cc(C(C)(C)C)ccn2)ccc1.[Pt]. The molecule has 2 aromatic heterocycles. The van der Waals surface area contributed by atoms with Crippen molar-refractivity contribution in [1.82, 2.24) is 9.55 Å². The molecule has 0 saturated carbocycles. The summed E-state index contributed by atoms with van der Waals surface area (Å²) >= 11 is 0. The molecule has 5 nitrogen and oxygen atoms in total. The Morgan fingerprint density at radius 2 is 1.07 bits per heavy atom. The molecular weight excluding hydrogens is 1000 g/mol. The third-order valence-corrected chi connectivity index (χ3v) is 13.2. The molecule has 5 aromatic carbocycles. The fraction of sp³-hybridized carbons (Fsp3) is 0.377. The Hall–Kier alpha value is -5.12. The van der Waals surface area contributed by atoms with Crippen molar-refractivity contribution in [2.24, 2.45) is 10.8 Å². The summed E-state index contributed by atoms with van der Waals surface area (Å²) in [6, 6.07) is 47.1. The molecule has 1 aliphatic heterocycles. The number of allylic oxidation sites excluding steroid dienone is 2. The van der Waals surface area contributed by atoms with Gasteiger partial charge >= 0.3 is 0 Å². The first-order valence-electron chi connectivity index (χ1n) is 23.7. The molecule has 0 atom stereocenters. The average Bonchev–Trinajstić information content (AvgIpc) is 3.81. The van der Waals surface area contributed by atoms with E-state index in [1.54, 1.807) is 0 Å². The summed E-state index contributed by atoms with van der Waals surface area (Å²) in [4.78, 5) is 9.72. The molecular formula is C61H71N4OPt-3. The van der Waals surface area contributed by atoms with Gasteiger partial charge in [-0.1, -0.05) is 172 Å². The normalized spacial score (nSPS) is 14.3. The molecule has 6 heteroatoms. The molecule has 8 rings (SSSR count). The van der Waals surface area contributed by atoms with Gasteiger partial charge in [-0.3, -0.25) is 0 Å². The summed E-state index contributed by atoms with van der Waals surface area (Å²) in [5.74, 6) is 2.10. The van der Waals surface area contributed by atoms with E-state index in [4.69, 9.17) is 9.72 Å². The zero-order valence-corrected chi connectivity index (χ0v) is 45.3. The van der Waals surface area contributed by atoms with E-state index in [0.717, 1.165) is 33.6 Å². The van der Waals surface area contributed by atoms with Crippen molar-refractivity contribution in [1.29, 1.82) is 0 Å². The van der Waals surface area contributed by atoms with Gasteiger partial charge in [0.1, 0.15) is 5.82 Å². The Morgan fingerprint density at radius 3 is 1.70 bits per heavy atom. The van der Waals surface area contributed by atoms with Crippen LogP contribution in [0, 0.1) is 29.6 Å². The van der Waals surface area contributed by atoms with Gasteiger partial charge in [-0.15, -0.1) is 48.1 Å². The quantitative estimate of drug-likeness (QED) is 0.149. The molecule has 1 aliphatic rings. The zero-order valence-electron chi connectivity index (χ0n) is 43.1. The Balaban J connectivity index is 0.00000666. The Labute approximate surface area is 416 Å². The van der Waals surface area contributed by atoms with Crippen molar-refractivity contribution in [2.75, 3.05) is 9.80 Å². The monoisotopic (exact) mass is 1070 g/mol. The largest absolute Gasteiger partial charge is 0.509 e. The van der Waals surface area contributed by atoms with Gasteiger partial charge in [0.15, 0.2) is 0 Å². The summed E-state index contributed by atoms with van der Waals surface area (Å²) in [6.45, 7) is 41.3. The van der Waals surface area contributed by atoms with Crippen molar-refractivity contribution in [3.05, 3.63) is 173 Å². The van der Waals surface area contributed by atoms with Crippen LogP contribution >= 0.6 is 0 Å². The third-order valence-electron chi connectivity index (χ3n) is 13.2. The van der Waals surface area contributed by atoms with Crippen LogP contribution in [0.1, 0.15) is 146 Å². The first-order chi connectivity index (χ1) is 30.6. The van der Waals surface area contributed by atoms with Crippen molar-refractivity contribution in [3.63, 3.8) is 0 Å². The number of nitrogens with zero attached hydrogens (tertiary/aromatic N) is 4. The van der Waals surface area contributed by atoms with Crippen LogP contribution in [0.5, 0.6) is 11.5 Å². The van der Waals surface area contributed by atoms with Gasteiger partial charge in [0.2, 0.25) is 0 Å². The minimum Gasteiger partial charge on any atom is -0.509 e. The molecule has 0 unspecified atom stereocenters. The first kappa shape index (κ1) is 49.8. The van der Waals surface area contributed by atoms with E-state index in [2.05, 4.69) is 248 Å². The maximum atomic E-state index is 6.79. The van der Waals surface area contributed by atoms with E-state index in [-0.39, 0.29) is 53.6 Å². The van der Waals surface area contributed by atoms with Gasteiger partial charge in [0, 0.05) is 77.6 Å². The van der Waals surface area contributed by atoms with Crippen LogP contribution in [0.25, 0.3) is 27.6 Å². The summed E-state index contributed by atoms with van der Waals surface area (Å²) in [5.41, 5.74) is 12.2. The minimum absolute atomic E-state index is 0. The predicted octanol–water partition coefficient (Wildman–Crippen LogP) is 16.5. The van der Waals surface area contributed by atoms with E-state index in [1.165, 1.54) is 44.6 Å². The standard InChI is InChI=1S/C61H71N4O.Pt/c1-56(2,3)41-26-29-51-50(35-41)49-28-27-48(38-52(49)65(51)53-36-42(30-31-62-53)57(4,5)6)66-47-25-21-24-45(37-47)63-39-64(55(60(13,14)15)54(63)59(10,11)12)46-33-43(58(7,8)9)32-44(34-46)61(16,17)40-22-19-18-20-23-40;/h18-36,39H,1-17H3;/q-3;. The van der Waals surface area contributed by atoms with Gasteiger partial charge in [0.25, 0.3) is 0 Å². The molecule has 354 valence electrons. The molecule has 0 radical (unpaired) electrons. The van der Waals surface area contributed by atoms with Gasteiger partial charge in [-0.2, -0.15) is 12.1 Å². The van der Waals surface area contributed by atoms with E-state index in [9.17, 15) is 0 Å². The first-order valence-corrected chi connectivity index (χ1v) is 23.7. The summed E-state index contributed by atoms with van der Waals surface area (Å²) < 4.78 is 9.03. The molecule has 3 heterocycles. The smallest absolute Gasteiger partial charge is 0.135 e. The van der Waals surface area contributed by atoms with Crippen LogP contribution in [-0.2, 0) is 42.7 Å². The van der Waals surface area contributed by atoms with E-state index >= 15 is 0 Å². The van der Waals surface area contributed by atoms with Crippen LogP contribution in [0.4, 0.5) is 11.4 Å². The number of hydrogen-bond acceptors (Lipinski definition) is 4. The minimum atomic E-state index is -0.218. The van der Waals surface area contributed by atoms with Gasteiger partial charge < -0.3 is 19.1 Å². The van der Waals surface area contributed by atoms with E-state index in [1.807, 2.05) is 18.3 Å². The van der Waals surface area contributed by atoms with E-state index < -0.39 is 0 Å². The molecule has 0 fully saturated rings. The van der Waals surface area contributed by atoms with E-state index in [0.29, 0.717) is 11.5 Å². The fourth-order valence-corrected chi connectivity index (χ4v) is 9.29. The van der Waals surface area contributed by atoms with Crippen molar-refractivity contribution in [3.8, 4) is 17.3 Å². The van der Waals surface area contributed by atoms with Crippen LogP contribution in [0.2, 0.25) is 0 Å². The maximum Gasteiger partial charge on any atom is 0.135 e. The summed E-state index contributed by atoms with van der Waals surface area (Å²) in [6.07, 6.45) is 1.92. The number of pyridine rings is 1. The fourth-order valence-electron chi connectivity index (χ4n) is 9.29. The zero-order chi connectivity index (χ0) is 47.9. The van der Waals surface area contributed by atoms with Crippen molar-refractivity contribution >= 4 is 33.2 Å². The van der Waals surface area contributed by atoms with Crippen LogP contribution in [0.15, 0.2) is 127 Å². The Kier molecular flexibility index (Phi) is 13.0. The molecule has 7 aromatic rings. The summed E-state index contributed by atoms with van der Waals surface area (Å²) in [7, 11) is 0. The number of fused-ring (bicyclic) bond motifs is 3. The molecule has 0 bridgehead atoms. The molecule has 0 saturated heterocycles. The second-order valence-electron chi connectivity index (χ2n) is 24.1. The molecule has 0 N–H and O–H groups in total. The second-order valence-corrected chi connectivity index (χ2v) is 24.1. The van der Waals surface area contributed by atoms with Crippen molar-refractivity contribution in [2.45, 2.75) is 139 Å². The number of rotatable bonds is 7. The average molecular weight is 1070 g/mol. The van der Waals surface area contributed by atoms with Gasteiger partial charge in [0.05, 0.1) is 0 Å². The van der Waals surface area contributed by atoms with Crippen LogP contribution in [-0.4, -0.2) is 9.55 Å². The van der Waals surface area contributed by atoms with Gasteiger partial charge in [-0.25, -0.2) is 4.98 Å². The molecule has 67 heavy (non-hydrogen) atoms. The van der Waals surface area contributed by atoms with Crippen molar-refractivity contribution < 1.29 is 25.8 Å². The number of hydrogen-bond donors (Lipinski definition) is 0. The summed E-state index contributed by atoms with van der Waals surface area (Å²) in [5, 5.41) is 2.28. The number of aromatic nitrogens is 2.